The van der Waals surface area contributed by atoms with E-state index >= 15 is 0 Å². The molecule has 1 aliphatic heterocycles. The zero-order valence-corrected chi connectivity index (χ0v) is 8.64. The Kier molecular flexibility index (Phi) is 2.27. The lowest BCUT2D eigenvalue weighted by Crippen LogP contribution is -2.58. The van der Waals surface area contributed by atoms with Gasteiger partial charge in [0.15, 0.2) is 0 Å². The van der Waals surface area contributed by atoms with Crippen molar-refractivity contribution in [3.8, 4) is 0 Å². The molecule has 1 amide bonds. The first-order chi connectivity index (χ1) is 6.54. The topological polar surface area (TPSA) is 64.4 Å². The van der Waals surface area contributed by atoms with Crippen molar-refractivity contribution in [3.63, 3.8) is 0 Å². The van der Waals surface area contributed by atoms with Gasteiger partial charge >= 0.3 is 0 Å². The van der Waals surface area contributed by atoms with E-state index in [-0.39, 0.29) is 11.4 Å². The van der Waals surface area contributed by atoms with E-state index in [0.717, 1.165) is 12.8 Å². The molecule has 0 radical (unpaired) electrons. The molecule has 1 saturated heterocycles. The molecule has 1 heterocycles. The Labute approximate surface area is 84.2 Å². The van der Waals surface area contributed by atoms with Crippen molar-refractivity contribution in [2.24, 2.45) is 5.73 Å². The maximum atomic E-state index is 11.9. The van der Waals surface area contributed by atoms with Crippen molar-refractivity contribution in [2.45, 2.75) is 43.7 Å². The van der Waals surface area contributed by atoms with Crippen molar-refractivity contribution in [1.29, 1.82) is 0 Å². The predicted molar refractivity (Wildman–Crippen MR) is 52.8 cm³/mol. The summed E-state index contributed by atoms with van der Waals surface area (Å²) in [6, 6.07) is 0. The summed E-state index contributed by atoms with van der Waals surface area (Å²) in [7, 11) is 0. The summed E-state index contributed by atoms with van der Waals surface area (Å²) in [6.45, 7) is 3.26. The molecule has 0 atom stereocenters. The third-order valence-electron chi connectivity index (χ3n) is 3.25. The first-order valence-corrected chi connectivity index (χ1v) is 5.23. The van der Waals surface area contributed by atoms with Crippen LogP contribution in [0.25, 0.3) is 0 Å². The van der Waals surface area contributed by atoms with Gasteiger partial charge in [-0.05, 0) is 32.6 Å². The summed E-state index contributed by atoms with van der Waals surface area (Å²) in [5.74, 6) is 0.000741. The highest BCUT2D eigenvalue weighted by atomic mass is 16.5. The average molecular weight is 198 g/mol. The van der Waals surface area contributed by atoms with Crippen LogP contribution in [0.1, 0.15) is 32.6 Å². The van der Waals surface area contributed by atoms with E-state index in [2.05, 4.69) is 12.2 Å². The number of ether oxygens (including phenoxy) is 1. The normalized spacial score (nSPS) is 28.1. The van der Waals surface area contributed by atoms with E-state index in [1.165, 1.54) is 0 Å². The van der Waals surface area contributed by atoms with E-state index in [1.807, 2.05) is 0 Å². The van der Waals surface area contributed by atoms with Gasteiger partial charge in [-0.25, -0.2) is 0 Å². The first kappa shape index (κ1) is 9.93. The number of nitrogens with one attached hydrogen (secondary N) is 1. The molecular formula is C10H18N2O2. The largest absolute Gasteiger partial charge is 0.381 e. The van der Waals surface area contributed by atoms with Crippen LogP contribution in [-0.2, 0) is 9.53 Å². The Morgan fingerprint density at radius 2 is 1.86 bits per heavy atom. The maximum absolute atomic E-state index is 11.9. The molecule has 1 saturated carbocycles. The number of rotatable bonds is 2. The quantitative estimate of drug-likeness (QED) is 0.664. The van der Waals surface area contributed by atoms with E-state index in [0.29, 0.717) is 26.1 Å². The summed E-state index contributed by atoms with van der Waals surface area (Å²) in [5, 5.41) is 3.02. The van der Waals surface area contributed by atoms with Crippen LogP contribution in [-0.4, -0.2) is 30.2 Å². The van der Waals surface area contributed by atoms with Gasteiger partial charge in [0, 0.05) is 18.8 Å². The van der Waals surface area contributed by atoms with Crippen molar-refractivity contribution < 1.29 is 9.53 Å². The number of carbonyl (C=O) groups is 1. The second-order valence-corrected chi connectivity index (χ2v) is 4.78. The first-order valence-electron chi connectivity index (χ1n) is 5.23. The number of hydrogen-bond donors (Lipinski definition) is 2. The average Bonchev–Trinajstić information content (AvgIpc) is 2.84. The maximum Gasteiger partial charge on any atom is 0.240 e. The van der Waals surface area contributed by atoms with Crippen molar-refractivity contribution in [3.05, 3.63) is 0 Å². The fourth-order valence-corrected chi connectivity index (χ4v) is 1.67. The molecule has 2 fully saturated rings. The van der Waals surface area contributed by atoms with E-state index < -0.39 is 5.54 Å². The van der Waals surface area contributed by atoms with Crippen LogP contribution in [0.4, 0.5) is 0 Å². The molecule has 14 heavy (non-hydrogen) atoms. The molecule has 2 aliphatic rings. The van der Waals surface area contributed by atoms with E-state index in [9.17, 15) is 4.79 Å². The van der Waals surface area contributed by atoms with Gasteiger partial charge in [0.25, 0.3) is 0 Å². The van der Waals surface area contributed by atoms with Crippen LogP contribution in [0, 0.1) is 0 Å². The highest BCUT2D eigenvalue weighted by Crippen LogP contribution is 2.35. The molecule has 2 rings (SSSR count). The summed E-state index contributed by atoms with van der Waals surface area (Å²) in [4.78, 5) is 11.9. The van der Waals surface area contributed by atoms with Gasteiger partial charge in [-0.15, -0.1) is 0 Å². The van der Waals surface area contributed by atoms with E-state index in [1.54, 1.807) is 0 Å². The standard InChI is InChI=1S/C10H18N2O2/c1-9(2-3-9)12-8(13)10(11)4-6-14-7-5-10/h2-7,11H2,1H3,(H,12,13). The molecule has 0 unspecified atom stereocenters. The Morgan fingerprint density at radius 1 is 1.29 bits per heavy atom. The minimum absolute atomic E-state index is 0.000741. The van der Waals surface area contributed by atoms with Crippen LogP contribution < -0.4 is 11.1 Å². The third-order valence-corrected chi connectivity index (χ3v) is 3.25. The third kappa shape index (κ3) is 1.91. The Balaban J connectivity index is 1.94. The number of carbonyl (C=O) groups excluding carboxylic acids is 1. The SMILES string of the molecule is CC1(NC(=O)C2(N)CCOCC2)CC1. The van der Waals surface area contributed by atoms with Crippen LogP contribution in [0.5, 0.6) is 0 Å². The summed E-state index contributed by atoms with van der Waals surface area (Å²) in [5.41, 5.74) is 5.38. The van der Waals surface area contributed by atoms with Gasteiger partial charge < -0.3 is 15.8 Å². The van der Waals surface area contributed by atoms with Crippen molar-refractivity contribution >= 4 is 5.91 Å². The molecule has 0 aromatic rings. The lowest BCUT2D eigenvalue weighted by molar-refractivity contribution is -0.130. The Hall–Kier alpha value is -0.610. The molecule has 4 nitrogen and oxygen atoms in total. The second-order valence-electron chi connectivity index (χ2n) is 4.78. The molecule has 0 bridgehead atoms. The Bertz CT molecular complexity index is 243. The van der Waals surface area contributed by atoms with Gasteiger partial charge in [-0.1, -0.05) is 0 Å². The lowest BCUT2D eigenvalue weighted by atomic mass is 9.90. The van der Waals surface area contributed by atoms with Gasteiger partial charge in [-0.2, -0.15) is 0 Å². The van der Waals surface area contributed by atoms with E-state index in [4.69, 9.17) is 10.5 Å². The molecule has 1 aliphatic carbocycles. The highest BCUT2D eigenvalue weighted by Gasteiger charge is 2.44. The lowest BCUT2D eigenvalue weighted by Gasteiger charge is -2.33. The molecular weight excluding hydrogens is 180 g/mol. The number of amides is 1. The van der Waals surface area contributed by atoms with Gasteiger partial charge in [0.1, 0.15) is 0 Å². The van der Waals surface area contributed by atoms with Crippen molar-refractivity contribution in [2.75, 3.05) is 13.2 Å². The summed E-state index contributed by atoms with van der Waals surface area (Å²) >= 11 is 0. The fourth-order valence-electron chi connectivity index (χ4n) is 1.67. The van der Waals surface area contributed by atoms with Crippen LogP contribution in [0.3, 0.4) is 0 Å². The van der Waals surface area contributed by atoms with Crippen molar-refractivity contribution in [1.82, 2.24) is 5.32 Å². The fraction of sp³-hybridized carbons (Fsp3) is 0.900. The smallest absolute Gasteiger partial charge is 0.240 e. The predicted octanol–water partition coefficient (Wildman–Crippen LogP) is 0.163. The van der Waals surface area contributed by atoms with Crippen LogP contribution in [0.2, 0.25) is 0 Å². The molecule has 0 aromatic heterocycles. The number of hydrogen-bond acceptors (Lipinski definition) is 3. The second kappa shape index (κ2) is 3.21. The zero-order valence-electron chi connectivity index (χ0n) is 8.64. The molecule has 0 aromatic carbocycles. The number of nitrogens with two attached hydrogens (primary N) is 1. The van der Waals surface area contributed by atoms with Crippen LogP contribution >= 0.6 is 0 Å². The summed E-state index contributed by atoms with van der Waals surface area (Å²) in [6.07, 6.45) is 3.42. The Morgan fingerprint density at radius 3 is 2.36 bits per heavy atom. The minimum atomic E-state index is -0.691. The molecule has 0 spiro atoms. The monoisotopic (exact) mass is 198 g/mol. The van der Waals surface area contributed by atoms with Gasteiger partial charge in [0.2, 0.25) is 5.91 Å². The minimum Gasteiger partial charge on any atom is -0.381 e. The molecule has 3 N–H and O–H groups in total. The molecule has 80 valence electrons. The van der Waals surface area contributed by atoms with Gasteiger partial charge in [-0.3, -0.25) is 4.79 Å². The highest BCUT2D eigenvalue weighted by molar-refractivity contribution is 5.87. The van der Waals surface area contributed by atoms with Gasteiger partial charge in [0.05, 0.1) is 5.54 Å². The molecule has 4 heteroatoms. The zero-order chi connectivity index (χ0) is 10.2. The van der Waals surface area contributed by atoms with Crippen LogP contribution in [0.15, 0.2) is 0 Å². The summed E-state index contributed by atoms with van der Waals surface area (Å²) < 4.78 is 5.20.